The molecule has 0 aromatic rings. The Morgan fingerprint density at radius 1 is 1.47 bits per heavy atom. The first-order chi connectivity index (χ1) is 7.06. The molecule has 0 N–H and O–H groups in total. The second-order valence-electron chi connectivity index (χ2n) is 3.13. The van der Waals surface area contributed by atoms with E-state index in [1.165, 1.54) is 0 Å². The van der Waals surface area contributed by atoms with E-state index in [-0.39, 0.29) is 6.61 Å². The van der Waals surface area contributed by atoms with Gasteiger partial charge in [0.05, 0.1) is 13.2 Å². The molecule has 0 spiro atoms. The van der Waals surface area contributed by atoms with Crippen LogP contribution in [0.25, 0.3) is 0 Å². The highest BCUT2D eigenvalue weighted by Gasteiger charge is 2.28. The molecule has 0 bridgehead atoms. The van der Waals surface area contributed by atoms with E-state index in [9.17, 15) is 13.2 Å². The number of hydroxylamine groups is 1. The Labute approximate surface area is 89.2 Å². The lowest BCUT2D eigenvalue weighted by Gasteiger charge is -2.24. The number of ether oxygens (including phenoxy) is 1. The van der Waals surface area contributed by atoms with Gasteiger partial charge in [-0.05, 0) is 19.8 Å². The Morgan fingerprint density at radius 3 is 2.73 bits per heavy atom. The van der Waals surface area contributed by atoms with Crippen LogP contribution in [0.5, 0.6) is 0 Å². The van der Waals surface area contributed by atoms with Crippen LogP contribution in [0, 0.1) is 0 Å². The molecular formula is C8H15NO5S. The molecule has 0 unspecified atom stereocenters. The van der Waals surface area contributed by atoms with E-state index in [0.29, 0.717) is 13.2 Å². The van der Waals surface area contributed by atoms with Crippen LogP contribution in [0.2, 0.25) is 0 Å². The van der Waals surface area contributed by atoms with Crippen molar-refractivity contribution < 1.29 is 22.8 Å². The number of carbonyl (C=O) groups is 1. The van der Waals surface area contributed by atoms with Crippen molar-refractivity contribution in [3.8, 4) is 0 Å². The van der Waals surface area contributed by atoms with Crippen molar-refractivity contribution in [3.05, 3.63) is 0 Å². The topological polar surface area (TPSA) is 72.9 Å². The smallest absolute Gasteiger partial charge is 0.322 e. The van der Waals surface area contributed by atoms with Gasteiger partial charge in [0.1, 0.15) is 0 Å². The Kier molecular flexibility index (Phi) is 4.49. The Balaban J connectivity index is 2.53. The molecule has 6 nitrogen and oxygen atoms in total. The fourth-order valence-electron chi connectivity index (χ4n) is 1.22. The molecule has 0 radical (unpaired) electrons. The second-order valence-corrected chi connectivity index (χ2v) is 4.99. The third-order valence-electron chi connectivity index (χ3n) is 1.89. The molecule has 0 aromatic carbocycles. The van der Waals surface area contributed by atoms with Crippen LogP contribution in [0.1, 0.15) is 19.8 Å². The SMILES string of the molecule is CCOC(=O)CS(=O)(=O)N1CCCCO1. The van der Waals surface area contributed by atoms with E-state index in [2.05, 4.69) is 4.74 Å². The van der Waals surface area contributed by atoms with E-state index in [4.69, 9.17) is 4.84 Å². The summed E-state index contributed by atoms with van der Waals surface area (Å²) in [7, 11) is -3.67. The number of esters is 1. The third-order valence-corrected chi connectivity index (χ3v) is 3.40. The summed E-state index contributed by atoms with van der Waals surface area (Å²) >= 11 is 0. The van der Waals surface area contributed by atoms with Crippen molar-refractivity contribution >= 4 is 16.0 Å². The van der Waals surface area contributed by atoms with Crippen LogP contribution in [-0.4, -0.2) is 44.4 Å². The zero-order valence-corrected chi connectivity index (χ0v) is 9.46. The van der Waals surface area contributed by atoms with Crippen molar-refractivity contribution in [3.63, 3.8) is 0 Å². The van der Waals surface area contributed by atoms with Gasteiger partial charge in [-0.2, -0.15) is 0 Å². The molecule has 1 aliphatic heterocycles. The molecule has 0 aliphatic carbocycles. The molecule has 1 heterocycles. The van der Waals surface area contributed by atoms with Gasteiger partial charge >= 0.3 is 5.97 Å². The average molecular weight is 237 g/mol. The normalized spacial score (nSPS) is 18.7. The second kappa shape index (κ2) is 5.43. The first-order valence-corrected chi connectivity index (χ1v) is 6.46. The van der Waals surface area contributed by atoms with Gasteiger partial charge < -0.3 is 4.74 Å². The zero-order chi connectivity index (χ0) is 11.3. The van der Waals surface area contributed by atoms with Crippen LogP contribution in [0.3, 0.4) is 0 Å². The molecule has 0 amide bonds. The lowest BCUT2D eigenvalue weighted by atomic mass is 10.3. The van der Waals surface area contributed by atoms with E-state index in [1.807, 2.05) is 0 Å². The number of hydrogen-bond donors (Lipinski definition) is 0. The summed E-state index contributed by atoms with van der Waals surface area (Å²) in [5.41, 5.74) is 0. The minimum absolute atomic E-state index is 0.176. The number of nitrogens with zero attached hydrogens (tertiary/aromatic N) is 1. The fraction of sp³-hybridized carbons (Fsp3) is 0.875. The summed E-state index contributed by atoms with van der Waals surface area (Å²) in [6.45, 7) is 2.49. The van der Waals surface area contributed by atoms with Crippen molar-refractivity contribution in [1.29, 1.82) is 0 Å². The Morgan fingerprint density at radius 2 is 2.20 bits per heavy atom. The van der Waals surface area contributed by atoms with E-state index < -0.39 is 21.7 Å². The molecule has 1 rings (SSSR count). The predicted octanol–water partition coefficient (Wildman–Crippen LogP) is -0.0933. The molecule has 15 heavy (non-hydrogen) atoms. The molecular weight excluding hydrogens is 222 g/mol. The maximum Gasteiger partial charge on any atom is 0.322 e. The molecule has 1 fully saturated rings. The van der Waals surface area contributed by atoms with Crippen molar-refractivity contribution in [1.82, 2.24) is 4.47 Å². The van der Waals surface area contributed by atoms with Gasteiger partial charge in [-0.1, -0.05) is 4.47 Å². The highest BCUT2D eigenvalue weighted by atomic mass is 32.2. The maximum absolute atomic E-state index is 11.6. The highest BCUT2D eigenvalue weighted by Crippen LogP contribution is 2.11. The van der Waals surface area contributed by atoms with Gasteiger partial charge in [-0.3, -0.25) is 9.63 Å². The lowest BCUT2D eigenvalue weighted by Crippen LogP contribution is -2.39. The number of carbonyl (C=O) groups excluding carboxylic acids is 1. The van der Waals surface area contributed by atoms with Gasteiger partial charge in [0.15, 0.2) is 5.75 Å². The first-order valence-electron chi connectivity index (χ1n) is 4.85. The van der Waals surface area contributed by atoms with Crippen LogP contribution < -0.4 is 0 Å². The number of hydrogen-bond acceptors (Lipinski definition) is 5. The van der Waals surface area contributed by atoms with E-state index in [0.717, 1.165) is 17.3 Å². The van der Waals surface area contributed by atoms with Crippen LogP contribution in [0.4, 0.5) is 0 Å². The Hall–Kier alpha value is -0.660. The molecule has 0 aromatic heterocycles. The first kappa shape index (κ1) is 12.4. The molecule has 7 heteroatoms. The summed E-state index contributed by atoms with van der Waals surface area (Å²) in [5, 5.41) is 0. The fourth-order valence-corrected chi connectivity index (χ4v) is 2.38. The third kappa shape index (κ3) is 3.77. The largest absolute Gasteiger partial charge is 0.465 e. The average Bonchev–Trinajstić information content (AvgIpc) is 2.18. The standard InChI is InChI=1S/C8H15NO5S/c1-2-13-8(10)7-15(11,12)9-5-3-4-6-14-9/h2-7H2,1H3. The van der Waals surface area contributed by atoms with Crippen LogP contribution in [0.15, 0.2) is 0 Å². The minimum atomic E-state index is -3.67. The van der Waals surface area contributed by atoms with Crippen LogP contribution in [-0.2, 0) is 24.4 Å². The minimum Gasteiger partial charge on any atom is -0.465 e. The van der Waals surface area contributed by atoms with Gasteiger partial charge in [0, 0.05) is 6.54 Å². The summed E-state index contributed by atoms with van der Waals surface area (Å²) in [5.74, 6) is -1.40. The maximum atomic E-state index is 11.6. The molecule has 1 aliphatic rings. The molecule has 88 valence electrons. The van der Waals surface area contributed by atoms with Gasteiger partial charge in [0.25, 0.3) is 0 Å². The number of rotatable bonds is 4. The van der Waals surface area contributed by atoms with Crippen LogP contribution >= 0.6 is 0 Å². The van der Waals surface area contributed by atoms with Gasteiger partial charge in [-0.25, -0.2) is 8.42 Å². The van der Waals surface area contributed by atoms with E-state index in [1.54, 1.807) is 6.92 Å². The predicted molar refractivity (Wildman–Crippen MR) is 52.3 cm³/mol. The highest BCUT2D eigenvalue weighted by molar-refractivity contribution is 7.89. The zero-order valence-electron chi connectivity index (χ0n) is 8.64. The summed E-state index contributed by atoms with van der Waals surface area (Å²) < 4.78 is 28.6. The Bertz CT molecular complexity index is 307. The van der Waals surface area contributed by atoms with Gasteiger partial charge in [-0.15, -0.1) is 0 Å². The van der Waals surface area contributed by atoms with Crippen molar-refractivity contribution in [2.24, 2.45) is 0 Å². The van der Waals surface area contributed by atoms with Crippen molar-refractivity contribution in [2.45, 2.75) is 19.8 Å². The molecule has 1 saturated heterocycles. The number of sulfonamides is 1. The molecule has 0 saturated carbocycles. The quantitative estimate of drug-likeness (QED) is 0.639. The van der Waals surface area contributed by atoms with Crippen molar-refractivity contribution in [2.75, 3.05) is 25.5 Å². The van der Waals surface area contributed by atoms with Gasteiger partial charge in [0.2, 0.25) is 10.0 Å². The monoisotopic (exact) mass is 237 g/mol. The van der Waals surface area contributed by atoms with E-state index >= 15 is 0 Å². The molecule has 0 atom stereocenters. The summed E-state index contributed by atoms with van der Waals surface area (Å²) in [6.07, 6.45) is 1.59. The summed E-state index contributed by atoms with van der Waals surface area (Å²) in [6, 6.07) is 0. The summed E-state index contributed by atoms with van der Waals surface area (Å²) in [4.78, 5) is 16.0. The lowest BCUT2D eigenvalue weighted by molar-refractivity contribution is -0.140.